The van der Waals surface area contributed by atoms with Gasteiger partial charge in [0.05, 0.1) is 5.56 Å². The Morgan fingerprint density at radius 1 is 1.00 bits per heavy atom. The molecule has 0 N–H and O–H groups in total. The topological polar surface area (TPSA) is 17.3 Å². The third-order valence-electron chi connectivity index (χ3n) is 2.62. The second kappa shape index (κ2) is 7.57. The molecule has 1 heterocycles. The van der Waals surface area contributed by atoms with Gasteiger partial charge in [0.2, 0.25) is 0 Å². The van der Waals surface area contributed by atoms with E-state index in [2.05, 4.69) is 5.32 Å². The molecule has 1 aliphatic rings. The Morgan fingerprint density at radius 3 is 1.94 bits per heavy atom. The number of benzene rings is 1. The molecule has 0 radical (unpaired) electrons. The summed E-state index contributed by atoms with van der Waals surface area (Å²) in [6.07, 6.45) is -4.25. The Kier molecular flexibility index (Phi) is 7.57. The van der Waals surface area contributed by atoms with Crippen LogP contribution in [0.5, 0.6) is 0 Å². The van der Waals surface area contributed by atoms with Gasteiger partial charge < -0.3 is 27.2 Å². The summed E-state index contributed by atoms with van der Waals surface area (Å²) in [5.41, 5.74) is 0.237. The maximum absolute atomic E-state index is 12.3. The summed E-state index contributed by atoms with van der Waals surface area (Å²) in [4.78, 5) is 2.05. The van der Waals surface area contributed by atoms with Crippen LogP contribution >= 0.6 is 0 Å². The monoisotopic (exact) mass is 332 g/mol. The first kappa shape index (κ1) is 18.0. The molecule has 2 rings (SSSR count). The first-order valence-electron chi connectivity index (χ1n) is 5.13. The third kappa shape index (κ3) is 4.60. The Hall–Kier alpha value is 0.0162. The number of piperazine rings is 1. The van der Waals surface area contributed by atoms with Crippen LogP contribution in [0.25, 0.3) is 5.32 Å². The zero-order chi connectivity index (χ0) is 11.6. The summed E-state index contributed by atoms with van der Waals surface area (Å²) in [7, 11) is 0. The average molecular weight is 333 g/mol. The van der Waals surface area contributed by atoms with E-state index in [0.29, 0.717) is 0 Å². The summed E-state index contributed by atoms with van der Waals surface area (Å²) in [5, 5.41) is 4.19. The Morgan fingerprint density at radius 2 is 1.50 bits per heavy atom. The molecule has 1 aliphatic heterocycles. The van der Waals surface area contributed by atoms with E-state index in [1.165, 1.54) is 12.1 Å². The standard InChI is InChI=1S/C11H12F3N2.BrH.Mg/c12-11(13,14)9-1-3-10(4-2-9)16-7-5-15-6-8-16;;/h1-4H,5-8H2;1H;/q-1;;+2/p-1. The third-order valence-corrected chi connectivity index (χ3v) is 2.62. The van der Waals surface area contributed by atoms with Crippen LogP contribution in [0.3, 0.4) is 0 Å². The molecular weight excluding hydrogens is 321 g/mol. The molecule has 0 saturated carbocycles. The molecule has 0 spiro atoms. The number of rotatable bonds is 1. The molecule has 96 valence electrons. The van der Waals surface area contributed by atoms with E-state index in [1.54, 1.807) is 0 Å². The van der Waals surface area contributed by atoms with Gasteiger partial charge in [-0.05, 0) is 37.4 Å². The normalized spacial score (nSPS) is 15.6. The fraction of sp³-hybridized carbons (Fsp3) is 0.455. The van der Waals surface area contributed by atoms with E-state index >= 15 is 0 Å². The van der Waals surface area contributed by atoms with Crippen molar-refractivity contribution < 1.29 is 30.2 Å². The van der Waals surface area contributed by atoms with Gasteiger partial charge >= 0.3 is 29.2 Å². The summed E-state index contributed by atoms with van der Waals surface area (Å²) in [5.74, 6) is 0. The minimum atomic E-state index is -4.25. The van der Waals surface area contributed by atoms with Gasteiger partial charge in [-0.15, -0.1) is 13.1 Å². The minimum absolute atomic E-state index is 0. The van der Waals surface area contributed by atoms with Crippen LogP contribution in [-0.4, -0.2) is 49.2 Å². The number of alkyl halides is 3. The van der Waals surface area contributed by atoms with Gasteiger partial charge in [-0.2, -0.15) is 13.2 Å². The van der Waals surface area contributed by atoms with Crippen LogP contribution in [0.15, 0.2) is 24.3 Å². The molecular formula is C11H12BrF3MgN2. The van der Waals surface area contributed by atoms with Gasteiger partial charge in [-0.3, -0.25) is 0 Å². The first-order valence-corrected chi connectivity index (χ1v) is 5.13. The predicted molar refractivity (Wildman–Crippen MR) is 62.5 cm³/mol. The zero-order valence-corrected chi connectivity index (χ0v) is 12.8. The van der Waals surface area contributed by atoms with Crippen LogP contribution in [0.1, 0.15) is 5.56 Å². The van der Waals surface area contributed by atoms with Crippen LogP contribution in [-0.2, 0) is 6.18 Å². The quantitative estimate of drug-likeness (QED) is 0.635. The van der Waals surface area contributed by atoms with Gasteiger partial charge in [-0.1, -0.05) is 0 Å². The van der Waals surface area contributed by atoms with E-state index in [0.717, 1.165) is 44.0 Å². The molecule has 0 unspecified atom stereocenters. The second-order valence-electron chi connectivity index (χ2n) is 3.70. The second-order valence-corrected chi connectivity index (χ2v) is 3.70. The fourth-order valence-corrected chi connectivity index (χ4v) is 1.73. The Labute approximate surface area is 131 Å². The van der Waals surface area contributed by atoms with Crippen LogP contribution in [0, 0.1) is 0 Å². The maximum Gasteiger partial charge on any atom is 2.00 e. The molecule has 0 aromatic heterocycles. The smallest absolute Gasteiger partial charge is 1.00 e. The molecule has 1 aromatic carbocycles. The SMILES string of the molecule is FC(F)(F)c1ccc(N2CC[N-]CC2)cc1.[Br-].[Mg+2]. The van der Waals surface area contributed by atoms with Crippen molar-refractivity contribution in [2.75, 3.05) is 31.1 Å². The largest absolute Gasteiger partial charge is 2.00 e. The van der Waals surface area contributed by atoms with Crippen molar-refractivity contribution in [3.63, 3.8) is 0 Å². The predicted octanol–water partition coefficient (Wildman–Crippen LogP) is -0.478. The molecule has 7 heteroatoms. The van der Waals surface area contributed by atoms with Gasteiger partial charge in [0.25, 0.3) is 0 Å². The van der Waals surface area contributed by atoms with Gasteiger partial charge in [-0.25, -0.2) is 0 Å². The summed E-state index contributed by atoms with van der Waals surface area (Å²) in [6, 6.07) is 5.30. The number of hydrogen-bond donors (Lipinski definition) is 0. The Balaban J connectivity index is 0.00000144. The van der Waals surface area contributed by atoms with Crippen molar-refractivity contribution in [3.8, 4) is 0 Å². The van der Waals surface area contributed by atoms with Crippen molar-refractivity contribution in [2.45, 2.75) is 6.18 Å². The first-order chi connectivity index (χ1) is 7.57. The van der Waals surface area contributed by atoms with Gasteiger partial charge in [0.15, 0.2) is 0 Å². The molecule has 1 saturated heterocycles. The van der Waals surface area contributed by atoms with E-state index in [4.69, 9.17) is 0 Å². The summed E-state index contributed by atoms with van der Waals surface area (Å²) in [6.45, 7) is 3.07. The van der Waals surface area contributed by atoms with Gasteiger partial charge in [0, 0.05) is 5.69 Å². The molecule has 0 bridgehead atoms. The van der Waals surface area contributed by atoms with Crippen LogP contribution in [0.4, 0.5) is 18.9 Å². The Bertz CT molecular complexity index is 350. The van der Waals surface area contributed by atoms with E-state index < -0.39 is 11.7 Å². The summed E-state index contributed by atoms with van der Waals surface area (Å²) >= 11 is 0. The maximum atomic E-state index is 12.3. The number of anilines is 1. The van der Waals surface area contributed by atoms with Crippen molar-refractivity contribution in [3.05, 3.63) is 35.1 Å². The van der Waals surface area contributed by atoms with Crippen molar-refractivity contribution in [1.82, 2.24) is 0 Å². The van der Waals surface area contributed by atoms with Crippen LogP contribution in [0.2, 0.25) is 0 Å². The number of hydrogen-bond acceptors (Lipinski definition) is 1. The molecule has 0 amide bonds. The average Bonchev–Trinajstić information content (AvgIpc) is 2.29. The van der Waals surface area contributed by atoms with E-state index in [9.17, 15) is 13.2 Å². The molecule has 2 nitrogen and oxygen atoms in total. The van der Waals surface area contributed by atoms with E-state index in [1.807, 2.05) is 4.90 Å². The fourth-order valence-electron chi connectivity index (χ4n) is 1.73. The van der Waals surface area contributed by atoms with Crippen molar-refractivity contribution in [2.24, 2.45) is 0 Å². The molecule has 1 aromatic rings. The minimum Gasteiger partial charge on any atom is -1.00 e. The van der Waals surface area contributed by atoms with Crippen molar-refractivity contribution in [1.29, 1.82) is 0 Å². The van der Waals surface area contributed by atoms with Gasteiger partial charge in [0.1, 0.15) is 0 Å². The molecule has 0 atom stereocenters. The molecule has 0 aliphatic carbocycles. The molecule has 1 fully saturated rings. The zero-order valence-electron chi connectivity index (χ0n) is 9.75. The van der Waals surface area contributed by atoms with Crippen molar-refractivity contribution >= 4 is 28.7 Å². The number of halogens is 4. The summed E-state index contributed by atoms with van der Waals surface area (Å²) < 4.78 is 37.0. The van der Waals surface area contributed by atoms with Crippen LogP contribution < -0.4 is 21.9 Å². The molecule has 18 heavy (non-hydrogen) atoms. The van der Waals surface area contributed by atoms with E-state index in [-0.39, 0.29) is 40.0 Å². The number of nitrogens with zero attached hydrogens (tertiary/aromatic N) is 2.